The summed E-state index contributed by atoms with van der Waals surface area (Å²) in [5.74, 6) is 0.131. The monoisotopic (exact) mass is 228 g/mol. The van der Waals surface area contributed by atoms with Gasteiger partial charge in [-0.25, -0.2) is 0 Å². The van der Waals surface area contributed by atoms with E-state index in [4.69, 9.17) is 10.00 Å². The van der Waals surface area contributed by atoms with E-state index in [9.17, 15) is 5.11 Å². The summed E-state index contributed by atoms with van der Waals surface area (Å²) in [7, 11) is 1.60. The third-order valence-electron chi connectivity index (χ3n) is 2.69. The van der Waals surface area contributed by atoms with Crippen molar-refractivity contribution in [3.63, 3.8) is 0 Å². The smallest absolute Gasteiger partial charge is 0.126 e. The van der Waals surface area contributed by atoms with Crippen LogP contribution in [0.2, 0.25) is 0 Å². The van der Waals surface area contributed by atoms with E-state index in [1.54, 1.807) is 13.3 Å². The van der Waals surface area contributed by atoms with Gasteiger partial charge in [0.25, 0.3) is 0 Å². The lowest BCUT2D eigenvalue weighted by Crippen LogP contribution is -2.04. The molecular weight excluding hydrogens is 216 g/mol. The standard InChI is InChI=1S/C13H12N2O2/c1-17-12-4-2-3-11-10(12)5-6-15-13(11)9(7-14)8-16/h2-6,9,16H,8H2,1H3. The first-order chi connectivity index (χ1) is 8.31. The van der Waals surface area contributed by atoms with Gasteiger partial charge >= 0.3 is 0 Å². The zero-order valence-electron chi connectivity index (χ0n) is 9.42. The number of nitriles is 1. The van der Waals surface area contributed by atoms with Gasteiger partial charge in [-0.15, -0.1) is 0 Å². The Morgan fingerprint density at radius 3 is 2.88 bits per heavy atom. The zero-order valence-corrected chi connectivity index (χ0v) is 9.42. The molecule has 0 saturated carbocycles. The average Bonchev–Trinajstić information content (AvgIpc) is 2.39. The summed E-state index contributed by atoms with van der Waals surface area (Å²) in [4.78, 5) is 4.19. The van der Waals surface area contributed by atoms with Crippen molar-refractivity contribution in [2.75, 3.05) is 13.7 Å². The molecule has 1 N–H and O–H groups in total. The van der Waals surface area contributed by atoms with Crippen molar-refractivity contribution in [1.82, 2.24) is 4.98 Å². The molecule has 0 saturated heterocycles. The normalized spacial score (nSPS) is 12.1. The first kappa shape index (κ1) is 11.4. The van der Waals surface area contributed by atoms with E-state index in [0.29, 0.717) is 5.69 Å². The highest BCUT2D eigenvalue weighted by Crippen LogP contribution is 2.29. The second-order valence-electron chi connectivity index (χ2n) is 3.62. The van der Waals surface area contributed by atoms with Crippen molar-refractivity contribution < 1.29 is 9.84 Å². The first-order valence-electron chi connectivity index (χ1n) is 5.24. The Kier molecular flexibility index (Phi) is 3.22. The van der Waals surface area contributed by atoms with Crippen LogP contribution < -0.4 is 4.74 Å². The number of methoxy groups -OCH3 is 1. The van der Waals surface area contributed by atoms with E-state index < -0.39 is 5.92 Å². The number of aliphatic hydroxyl groups is 1. The fraction of sp³-hybridized carbons (Fsp3) is 0.231. The number of pyridine rings is 1. The van der Waals surface area contributed by atoms with Crippen molar-refractivity contribution >= 4 is 10.8 Å². The van der Waals surface area contributed by atoms with Gasteiger partial charge in [-0.1, -0.05) is 12.1 Å². The molecule has 0 bridgehead atoms. The lowest BCUT2D eigenvalue weighted by Gasteiger charge is -2.10. The van der Waals surface area contributed by atoms with Crippen LogP contribution in [0.4, 0.5) is 0 Å². The van der Waals surface area contributed by atoms with Crippen LogP contribution in [-0.4, -0.2) is 23.8 Å². The van der Waals surface area contributed by atoms with Gasteiger partial charge in [0.1, 0.15) is 11.7 Å². The number of rotatable bonds is 3. The third-order valence-corrected chi connectivity index (χ3v) is 2.69. The van der Waals surface area contributed by atoms with Gasteiger partial charge in [-0.2, -0.15) is 5.26 Å². The van der Waals surface area contributed by atoms with Crippen molar-refractivity contribution in [1.29, 1.82) is 5.26 Å². The topological polar surface area (TPSA) is 66.1 Å². The van der Waals surface area contributed by atoms with E-state index in [2.05, 4.69) is 4.98 Å². The molecule has 1 unspecified atom stereocenters. The van der Waals surface area contributed by atoms with Gasteiger partial charge in [0.2, 0.25) is 0 Å². The molecule has 0 aliphatic rings. The minimum atomic E-state index is -0.606. The Bertz CT molecular complexity index is 575. The summed E-state index contributed by atoms with van der Waals surface area (Å²) in [6, 6.07) is 9.46. The summed E-state index contributed by atoms with van der Waals surface area (Å²) in [5.41, 5.74) is 0.589. The Morgan fingerprint density at radius 1 is 1.41 bits per heavy atom. The van der Waals surface area contributed by atoms with Crippen LogP contribution in [0.3, 0.4) is 0 Å². The van der Waals surface area contributed by atoms with E-state index in [-0.39, 0.29) is 6.61 Å². The van der Waals surface area contributed by atoms with Gasteiger partial charge in [-0.3, -0.25) is 4.98 Å². The molecule has 2 rings (SSSR count). The highest BCUT2D eigenvalue weighted by molar-refractivity contribution is 5.90. The van der Waals surface area contributed by atoms with Gasteiger partial charge in [0.15, 0.2) is 0 Å². The number of hydrogen-bond acceptors (Lipinski definition) is 4. The Hall–Kier alpha value is -2.12. The van der Waals surface area contributed by atoms with Crippen LogP contribution in [0.5, 0.6) is 5.75 Å². The summed E-state index contributed by atoms with van der Waals surface area (Å²) in [6.07, 6.45) is 1.63. The largest absolute Gasteiger partial charge is 0.496 e. The van der Waals surface area contributed by atoms with Crippen molar-refractivity contribution in [2.45, 2.75) is 5.92 Å². The Labute approximate surface area is 99.1 Å². The number of aliphatic hydroxyl groups excluding tert-OH is 1. The number of benzene rings is 1. The molecule has 0 amide bonds. The predicted octanol–water partition coefficient (Wildman–Crippen LogP) is 1.84. The van der Waals surface area contributed by atoms with Crippen LogP contribution in [0.25, 0.3) is 10.8 Å². The maximum absolute atomic E-state index is 9.17. The number of fused-ring (bicyclic) bond motifs is 1. The number of ether oxygens (including phenoxy) is 1. The first-order valence-corrected chi connectivity index (χ1v) is 5.24. The molecule has 0 aliphatic heterocycles. The number of hydrogen-bond donors (Lipinski definition) is 1. The molecule has 0 fully saturated rings. The fourth-order valence-electron chi connectivity index (χ4n) is 1.85. The second-order valence-corrected chi connectivity index (χ2v) is 3.62. The molecule has 2 aromatic rings. The molecule has 0 aliphatic carbocycles. The van der Waals surface area contributed by atoms with Gasteiger partial charge < -0.3 is 9.84 Å². The minimum Gasteiger partial charge on any atom is -0.496 e. The molecule has 1 aromatic heterocycles. The van der Waals surface area contributed by atoms with Crippen LogP contribution in [0, 0.1) is 11.3 Å². The highest BCUT2D eigenvalue weighted by atomic mass is 16.5. The van der Waals surface area contributed by atoms with Crippen LogP contribution in [-0.2, 0) is 0 Å². The van der Waals surface area contributed by atoms with Gasteiger partial charge in [0.05, 0.1) is 25.5 Å². The number of nitrogens with zero attached hydrogens (tertiary/aromatic N) is 2. The third kappa shape index (κ3) is 1.93. The predicted molar refractivity (Wildman–Crippen MR) is 63.7 cm³/mol. The van der Waals surface area contributed by atoms with Crippen molar-refractivity contribution in [2.24, 2.45) is 0 Å². The van der Waals surface area contributed by atoms with E-state index in [1.165, 1.54) is 0 Å². The SMILES string of the molecule is COc1cccc2c(C(C#N)CO)nccc12. The molecule has 1 aromatic carbocycles. The van der Waals surface area contributed by atoms with E-state index >= 15 is 0 Å². The van der Waals surface area contributed by atoms with E-state index in [0.717, 1.165) is 16.5 Å². The zero-order chi connectivity index (χ0) is 12.3. The van der Waals surface area contributed by atoms with Crippen LogP contribution in [0.1, 0.15) is 11.6 Å². The summed E-state index contributed by atoms with van der Waals surface area (Å²) >= 11 is 0. The molecule has 1 atom stereocenters. The van der Waals surface area contributed by atoms with Crippen molar-refractivity contribution in [3.8, 4) is 11.8 Å². The summed E-state index contributed by atoms with van der Waals surface area (Å²) < 4.78 is 5.26. The summed E-state index contributed by atoms with van der Waals surface area (Å²) in [5, 5.41) is 19.9. The quantitative estimate of drug-likeness (QED) is 0.870. The lowest BCUT2D eigenvalue weighted by molar-refractivity contribution is 0.284. The lowest BCUT2D eigenvalue weighted by atomic mass is 10.0. The molecule has 17 heavy (non-hydrogen) atoms. The van der Waals surface area contributed by atoms with Gasteiger partial charge in [0, 0.05) is 17.0 Å². The van der Waals surface area contributed by atoms with E-state index in [1.807, 2.05) is 30.3 Å². The van der Waals surface area contributed by atoms with Crippen molar-refractivity contribution in [3.05, 3.63) is 36.2 Å². The maximum atomic E-state index is 9.17. The fourth-order valence-corrected chi connectivity index (χ4v) is 1.85. The summed E-state index contributed by atoms with van der Waals surface area (Å²) in [6.45, 7) is -0.236. The molecule has 0 spiro atoms. The molecule has 4 heteroatoms. The average molecular weight is 228 g/mol. The van der Waals surface area contributed by atoms with Gasteiger partial charge in [-0.05, 0) is 12.1 Å². The minimum absolute atomic E-state index is 0.236. The maximum Gasteiger partial charge on any atom is 0.126 e. The molecule has 86 valence electrons. The Balaban J connectivity index is 2.70. The van der Waals surface area contributed by atoms with Crippen LogP contribution >= 0.6 is 0 Å². The molecule has 0 radical (unpaired) electrons. The number of aromatic nitrogens is 1. The molecule has 1 heterocycles. The van der Waals surface area contributed by atoms with Crippen LogP contribution in [0.15, 0.2) is 30.5 Å². The highest BCUT2D eigenvalue weighted by Gasteiger charge is 2.15. The molecular formula is C13H12N2O2. The Morgan fingerprint density at radius 2 is 2.24 bits per heavy atom. The second kappa shape index (κ2) is 4.81. The molecule has 4 nitrogen and oxygen atoms in total.